The molecule has 0 amide bonds. The van der Waals surface area contributed by atoms with Gasteiger partial charge in [-0.15, -0.1) is 23.7 Å². The van der Waals surface area contributed by atoms with E-state index in [1.165, 1.54) is 50.5 Å². The Hall–Kier alpha value is -3.03. The monoisotopic (exact) mass is 681 g/mol. The lowest BCUT2D eigenvalue weighted by Gasteiger charge is -2.26. The van der Waals surface area contributed by atoms with Crippen LogP contribution in [0.2, 0.25) is 0 Å². The van der Waals surface area contributed by atoms with Crippen molar-refractivity contribution in [2.24, 2.45) is 0 Å². The van der Waals surface area contributed by atoms with Gasteiger partial charge in [0, 0.05) is 27.8 Å². The second kappa shape index (κ2) is 14.8. The molecule has 0 spiro atoms. The Morgan fingerprint density at radius 1 is 0.750 bits per heavy atom. The number of rotatable bonds is 13. The van der Waals surface area contributed by atoms with E-state index in [1.54, 1.807) is 30.3 Å². The van der Waals surface area contributed by atoms with Gasteiger partial charge in [-0.3, -0.25) is 4.90 Å². The minimum atomic E-state index is -3.98. The predicted octanol–water partition coefficient (Wildman–Crippen LogP) is 7.10. The van der Waals surface area contributed by atoms with Gasteiger partial charge >= 0.3 is 20.2 Å². The smallest absolute Gasteiger partial charge is 0.309 e. The number of piperidine rings is 1. The van der Waals surface area contributed by atoms with Crippen molar-refractivity contribution in [2.45, 2.75) is 33.1 Å². The number of halogens is 1. The highest BCUT2D eigenvalue weighted by atomic mass is 35.5. The van der Waals surface area contributed by atoms with Crippen LogP contribution in [0.1, 0.15) is 33.1 Å². The summed E-state index contributed by atoms with van der Waals surface area (Å²) in [7, 11) is -7.93. The number of thiophene rings is 1. The van der Waals surface area contributed by atoms with Crippen molar-refractivity contribution in [3.63, 3.8) is 0 Å². The van der Waals surface area contributed by atoms with E-state index in [1.807, 2.05) is 30.3 Å². The molecule has 0 aliphatic carbocycles. The van der Waals surface area contributed by atoms with Crippen LogP contribution >= 0.6 is 23.7 Å². The minimum absolute atomic E-state index is 0. The molecule has 1 saturated heterocycles. The SMILES string of the molecule is CCS(=O)(=O)Oc1cc(OS(=O)(=O)CC)c(-c2cc3ccccc3s2)cc1Oc1ccc(OCCN2CCCCC2)cc1.Cl. The molecule has 1 aromatic heterocycles. The van der Waals surface area contributed by atoms with Gasteiger partial charge in [-0.1, -0.05) is 24.6 Å². The predicted molar refractivity (Wildman–Crippen MR) is 177 cm³/mol. The summed E-state index contributed by atoms with van der Waals surface area (Å²) in [6, 6.07) is 19.5. The number of likely N-dealkylation sites (tertiary alicyclic amines) is 1. The van der Waals surface area contributed by atoms with E-state index < -0.39 is 20.2 Å². The molecule has 13 heteroatoms. The molecule has 0 bridgehead atoms. The number of ether oxygens (including phenoxy) is 2. The van der Waals surface area contributed by atoms with Crippen molar-refractivity contribution in [3.8, 4) is 39.2 Å². The van der Waals surface area contributed by atoms with Crippen LogP contribution in [0.3, 0.4) is 0 Å². The van der Waals surface area contributed by atoms with E-state index >= 15 is 0 Å². The van der Waals surface area contributed by atoms with Crippen LogP contribution in [-0.2, 0) is 20.2 Å². The molecule has 1 aliphatic heterocycles. The van der Waals surface area contributed by atoms with Gasteiger partial charge in [0.25, 0.3) is 0 Å². The van der Waals surface area contributed by atoms with Crippen molar-refractivity contribution >= 4 is 54.1 Å². The molecule has 0 saturated carbocycles. The van der Waals surface area contributed by atoms with Crippen molar-refractivity contribution in [1.82, 2.24) is 4.90 Å². The first kappa shape index (κ1) is 33.9. The molecular weight excluding hydrogens is 646 g/mol. The highest BCUT2D eigenvalue weighted by Gasteiger charge is 2.24. The Kier molecular flexibility index (Phi) is 11.4. The average molecular weight is 682 g/mol. The summed E-state index contributed by atoms with van der Waals surface area (Å²) in [5.74, 6) is 0.386. The van der Waals surface area contributed by atoms with Gasteiger partial charge in [-0.25, -0.2) is 0 Å². The third kappa shape index (κ3) is 8.79. The van der Waals surface area contributed by atoms with Gasteiger partial charge in [-0.05, 0) is 87.6 Å². The van der Waals surface area contributed by atoms with E-state index in [0.717, 1.165) is 34.6 Å². The molecule has 238 valence electrons. The van der Waals surface area contributed by atoms with Gasteiger partial charge < -0.3 is 17.8 Å². The molecule has 1 fully saturated rings. The van der Waals surface area contributed by atoms with E-state index in [9.17, 15) is 16.8 Å². The van der Waals surface area contributed by atoms with Crippen LogP contribution in [0.25, 0.3) is 20.5 Å². The lowest BCUT2D eigenvalue weighted by molar-refractivity contribution is 0.183. The molecule has 0 unspecified atom stereocenters. The summed E-state index contributed by atoms with van der Waals surface area (Å²) < 4.78 is 74.0. The fourth-order valence-electron chi connectivity index (χ4n) is 4.66. The van der Waals surface area contributed by atoms with Crippen LogP contribution in [0.4, 0.5) is 0 Å². The number of benzene rings is 3. The number of hydrogen-bond acceptors (Lipinski definition) is 10. The van der Waals surface area contributed by atoms with Crippen LogP contribution in [0.5, 0.6) is 28.7 Å². The molecule has 9 nitrogen and oxygen atoms in total. The summed E-state index contributed by atoms with van der Waals surface area (Å²) in [6.45, 7) is 6.57. The Balaban J connectivity index is 0.00000442. The summed E-state index contributed by atoms with van der Waals surface area (Å²) in [5.41, 5.74) is 0.423. The molecule has 44 heavy (non-hydrogen) atoms. The van der Waals surface area contributed by atoms with Crippen LogP contribution in [0.15, 0.2) is 66.7 Å². The van der Waals surface area contributed by atoms with Gasteiger partial charge in [0.1, 0.15) is 18.1 Å². The Bertz CT molecular complexity index is 1730. The maximum absolute atomic E-state index is 12.5. The largest absolute Gasteiger partial charge is 0.492 e. The Morgan fingerprint density at radius 3 is 2.05 bits per heavy atom. The first-order chi connectivity index (χ1) is 20.6. The second-order valence-corrected chi connectivity index (χ2v) is 14.9. The van der Waals surface area contributed by atoms with Crippen LogP contribution in [0, 0.1) is 0 Å². The van der Waals surface area contributed by atoms with Gasteiger partial charge in [-0.2, -0.15) is 16.8 Å². The third-order valence-electron chi connectivity index (χ3n) is 7.05. The van der Waals surface area contributed by atoms with Gasteiger partial charge in [0.2, 0.25) is 0 Å². The number of hydrogen-bond donors (Lipinski definition) is 0. The molecule has 3 aromatic carbocycles. The standard InChI is InChI=1S/C31H35NO8S3.ClH/c1-3-42(33,34)39-27-22-29(40-43(35,36)4-2)28(21-26(27)31-20-23-10-6-7-11-30(23)41-31)38-25-14-12-24(13-15-25)37-19-18-32-16-8-5-9-17-32;/h6-7,10-15,20-22H,3-5,8-9,16-19H2,1-2H3;1H. The van der Waals surface area contributed by atoms with E-state index in [0.29, 0.717) is 23.7 Å². The first-order valence-corrected chi connectivity index (χ1v) is 18.3. The summed E-state index contributed by atoms with van der Waals surface area (Å²) >= 11 is 1.45. The minimum Gasteiger partial charge on any atom is -0.492 e. The number of nitrogens with zero attached hydrogens (tertiary/aromatic N) is 1. The summed E-state index contributed by atoms with van der Waals surface area (Å²) in [5, 5.41) is 0.971. The van der Waals surface area contributed by atoms with Crippen molar-refractivity contribution < 1.29 is 34.7 Å². The van der Waals surface area contributed by atoms with Crippen LogP contribution in [-0.4, -0.2) is 59.5 Å². The molecule has 0 N–H and O–H groups in total. The zero-order chi connectivity index (χ0) is 30.5. The van der Waals surface area contributed by atoms with Crippen LogP contribution < -0.4 is 17.8 Å². The molecule has 0 radical (unpaired) electrons. The van der Waals surface area contributed by atoms with E-state index in [-0.39, 0.29) is 41.2 Å². The highest BCUT2D eigenvalue weighted by Crippen LogP contribution is 2.46. The van der Waals surface area contributed by atoms with E-state index in [4.69, 9.17) is 17.8 Å². The Morgan fingerprint density at radius 2 is 1.39 bits per heavy atom. The maximum atomic E-state index is 12.5. The normalized spacial score (nSPS) is 14.1. The summed E-state index contributed by atoms with van der Waals surface area (Å²) in [4.78, 5) is 3.12. The summed E-state index contributed by atoms with van der Waals surface area (Å²) in [6.07, 6.45) is 3.74. The zero-order valence-electron chi connectivity index (χ0n) is 24.6. The first-order valence-electron chi connectivity index (χ1n) is 14.3. The van der Waals surface area contributed by atoms with E-state index in [2.05, 4.69) is 4.90 Å². The molecule has 0 atom stereocenters. The highest BCUT2D eigenvalue weighted by molar-refractivity contribution is 7.87. The molecule has 2 heterocycles. The fourth-order valence-corrected chi connectivity index (χ4v) is 6.79. The Labute approximate surface area is 269 Å². The topological polar surface area (TPSA) is 108 Å². The van der Waals surface area contributed by atoms with Gasteiger partial charge in [0.05, 0.1) is 11.5 Å². The molecule has 5 rings (SSSR count). The maximum Gasteiger partial charge on any atom is 0.309 e. The average Bonchev–Trinajstić information content (AvgIpc) is 3.44. The fraction of sp³-hybridized carbons (Fsp3) is 0.355. The molecule has 4 aromatic rings. The quantitative estimate of drug-likeness (QED) is 0.137. The van der Waals surface area contributed by atoms with Crippen molar-refractivity contribution in [2.75, 3.05) is 37.7 Å². The van der Waals surface area contributed by atoms with Gasteiger partial charge in [0.15, 0.2) is 17.2 Å². The lowest BCUT2D eigenvalue weighted by Crippen LogP contribution is -2.33. The number of fused-ring (bicyclic) bond motifs is 1. The molecule has 1 aliphatic rings. The second-order valence-electron chi connectivity index (χ2n) is 10.1. The van der Waals surface area contributed by atoms with Crippen molar-refractivity contribution in [1.29, 1.82) is 0 Å². The van der Waals surface area contributed by atoms with Crippen molar-refractivity contribution in [3.05, 3.63) is 66.7 Å². The molecular formula is C31H36ClNO8S3. The zero-order valence-corrected chi connectivity index (χ0v) is 27.8. The third-order valence-corrected chi connectivity index (χ3v) is 10.5. The lowest BCUT2D eigenvalue weighted by atomic mass is 10.1.